The van der Waals surface area contributed by atoms with Crippen LogP contribution in [0.1, 0.15) is 401 Å². The summed E-state index contributed by atoms with van der Waals surface area (Å²) in [4.78, 5) is 23.6. The molecule has 0 saturated carbocycles. The first-order valence-electron chi connectivity index (χ1n) is 37.4. The van der Waals surface area contributed by atoms with E-state index >= 15 is 0 Å². The summed E-state index contributed by atoms with van der Waals surface area (Å²) in [7, 11) is -16.1. The van der Waals surface area contributed by atoms with Crippen molar-refractivity contribution in [2.75, 3.05) is 23.0 Å². The normalized spacial score (nSPS) is 12.5. The second-order valence-electron chi connectivity index (χ2n) is 26.9. The van der Waals surface area contributed by atoms with Gasteiger partial charge in [0, 0.05) is 0 Å². The largest absolute Gasteiger partial charge is 2.00 e. The van der Waals surface area contributed by atoms with Crippen molar-refractivity contribution in [1.82, 2.24) is 18.9 Å². The number of sulfonamides is 4. The second-order valence-corrected chi connectivity index (χ2v) is 34.3. The molecule has 0 aromatic rings. The van der Waals surface area contributed by atoms with Gasteiger partial charge in [0.2, 0.25) is 40.1 Å². The van der Waals surface area contributed by atoms with Gasteiger partial charge in [-0.25, -0.2) is 33.7 Å². The summed E-state index contributed by atoms with van der Waals surface area (Å²) in [5.41, 5.74) is -4.85. The Bertz CT molecular complexity index is 1850. The molecule has 0 spiro atoms. The number of aliphatic carboxylic acids is 2. The molecule has 0 aliphatic heterocycles. The van der Waals surface area contributed by atoms with Crippen molar-refractivity contribution in [3.63, 3.8) is 0 Å². The number of carbonyl (C=O) groups is 2. The van der Waals surface area contributed by atoms with Gasteiger partial charge in [-0.2, -0.15) is 18.9 Å². The predicted octanol–water partition coefficient (Wildman–Crippen LogP) is 16.1. The molecule has 4 N–H and O–H groups in total. The fraction of sp³-hybridized carbons (Fsp3) is 0.971. The Labute approximate surface area is 603 Å². The van der Waals surface area contributed by atoms with E-state index in [1.807, 2.05) is 18.9 Å². The molecule has 0 unspecified atom stereocenters. The van der Waals surface area contributed by atoms with Gasteiger partial charge in [-0.05, 0) is 39.5 Å². The minimum atomic E-state index is -4.02. The van der Waals surface area contributed by atoms with E-state index in [2.05, 4.69) is 27.7 Å². The van der Waals surface area contributed by atoms with Gasteiger partial charge in [0.25, 0.3) is 0 Å². The monoisotopic (exact) mass is 1500 g/mol. The maximum atomic E-state index is 12.6. The van der Waals surface area contributed by atoms with Crippen LogP contribution in [0.4, 0.5) is 0 Å². The number of nitrogens with one attached hydrogen (secondary N) is 4. The number of hydrogen-bond donors (Lipinski definition) is 4. The molecular formula is C70H142BaN4O12S4. The van der Waals surface area contributed by atoms with E-state index < -0.39 is 63.4 Å². The number of rotatable bonds is 70. The molecule has 91 heavy (non-hydrogen) atoms. The zero-order chi connectivity index (χ0) is 67.4. The van der Waals surface area contributed by atoms with Crippen LogP contribution in [0.25, 0.3) is 0 Å². The van der Waals surface area contributed by atoms with Crippen LogP contribution in [-0.2, 0) is 49.7 Å². The first-order valence-corrected chi connectivity index (χ1v) is 44.1. The van der Waals surface area contributed by atoms with Crippen molar-refractivity contribution in [2.24, 2.45) is 0 Å². The van der Waals surface area contributed by atoms with E-state index in [0.717, 1.165) is 117 Å². The van der Waals surface area contributed by atoms with Gasteiger partial charge >= 0.3 is 48.9 Å². The second kappa shape index (κ2) is 63.6. The summed E-state index contributed by atoms with van der Waals surface area (Å²) >= 11 is 0. The average molecular weight is 1500 g/mol. The van der Waals surface area contributed by atoms with Gasteiger partial charge in [0.15, 0.2) is 0 Å². The van der Waals surface area contributed by atoms with Crippen LogP contribution in [0.3, 0.4) is 0 Å². The Balaban J connectivity index is -0.00000168. The van der Waals surface area contributed by atoms with E-state index in [1.165, 1.54) is 231 Å². The fourth-order valence-corrected chi connectivity index (χ4v) is 17.5. The summed E-state index contributed by atoms with van der Waals surface area (Å²) in [6, 6.07) is 0. The first-order chi connectivity index (χ1) is 43.0. The van der Waals surface area contributed by atoms with Crippen LogP contribution in [0.15, 0.2) is 0 Å². The first kappa shape index (κ1) is 95.3. The van der Waals surface area contributed by atoms with E-state index in [9.17, 15) is 53.5 Å². The Hall–Kier alpha value is 0.151. The maximum absolute atomic E-state index is 12.6. The Morgan fingerprint density at radius 3 is 0.429 bits per heavy atom. The number of carboxylic acids is 2. The van der Waals surface area contributed by atoms with Crippen LogP contribution >= 0.6 is 0 Å². The molecule has 0 aromatic carbocycles. The van der Waals surface area contributed by atoms with E-state index in [-0.39, 0.29) is 71.9 Å². The fourth-order valence-electron chi connectivity index (χ4n) is 11.6. The van der Waals surface area contributed by atoms with Gasteiger partial charge in [-0.3, -0.25) is 0 Å². The van der Waals surface area contributed by atoms with Crippen molar-refractivity contribution in [1.29, 1.82) is 0 Å². The number of carboxylic acid groups (broad SMARTS) is 2. The summed E-state index contributed by atoms with van der Waals surface area (Å²) in [5.74, 6) is -4.67. The molecule has 0 bridgehead atoms. The molecule has 0 aliphatic rings. The third-order valence-electron chi connectivity index (χ3n) is 17.3. The summed E-state index contributed by atoms with van der Waals surface area (Å²) in [6.07, 6.45) is 63.8. The van der Waals surface area contributed by atoms with Crippen molar-refractivity contribution in [3.05, 3.63) is 0 Å². The third kappa shape index (κ3) is 64.6. The minimum Gasteiger partial charge on any atom is -0.547 e. The quantitative estimate of drug-likeness (QED) is 0.0252. The van der Waals surface area contributed by atoms with Crippen LogP contribution in [0.5, 0.6) is 0 Å². The van der Waals surface area contributed by atoms with E-state index in [0.29, 0.717) is 25.7 Å². The molecule has 0 radical (unpaired) electrons. The molecule has 0 fully saturated rings. The van der Waals surface area contributed by atoms with Crippen molar-refractivity contribution < 1.29 is 53.5 Å². The van der Waals surface area contributed by atoms with Crippen LogP contribution in [-0.4, -0.2) is 129 Å². The summed E-state index contributed by atoms with van der Waals surface area (Å²) in [6.45, 7) is 10.9. The zero-order valence-corrected chi connectivity index (χ0v) is 67.4. The average Bonchev–Trinajstić information content (AvgIpc) is 0.972. The predicted molar refractivity (Wildman–Crippen MR) is 382 cm³/mol. The van der Waals surface area contributed by atoms with Crippen molar-refractivity contribution >= 4 is 101 Å². The third-order valence-corrected chi connectivity index (χ3v) is 23.5. The molecule has 21 heteroatoms. The minimum absolute atomic E-state index is 0. The van der Waals surface area contributed by atoms with Crippen molar-refractivity contribution in [2.45, 2.75) is 412 Å². The van der Waals surface area contributed by atoms with Crippen LogP contribution < -0.4 is 29.1 Å². The van der Waals surface area contributed by atoms with Gasteiger partial charge in [-0.1, -0.05) is 362 Å². The number of carbonyl (C=O) groups excluding carboxylic acids is 2. The summed E-state index contributed by atoms with van der Waals surface area (Å²) in [5, 5.41) is 23.6. The zero-order valence-electron chi connectivity index (χ0n) is 59.7. The van der Waals surface area contributed by atoms with E-state index in [4.69, 9.17) is 0 Å². The van der Waals surface area contributed by atoms with Gasteiger partial charge < -0.3 is 19.8 Å². The topological polar surface area (TPSA) is 265 Å². The molecule has 0 atom stereocenters. The molecule has 0 heterocycles. The smallest absolute Gasteiger partial charge is 0.547 e. The summed E-state index contributed by atoms with van der Waals surface area (Å²) < 4.78 is 109. The maximum Gasteiger partial charge on any atom is 2.00 e. The van der Waals surface area contributed by atoms with E-state index in [1.54, 1.807) is 0 Å². The molecule has 0 saturated heterocycles. The van der Waals surface area contributed by atoms with Crippen molar-refractivity contribution in [3.8, 4) is 0 Å². The van der Waals surface area contributed by atoms with Gasteiger partial charge in [0.1, 0.15) is 11.3 Å². The number of hydrogen-bond acceptors (Lipinski definition) is 12. The molecule has 0 aromatic heterocycles. The molecule has 0 aliphatic carbocycles. The van der Waals surface area contributed by atoms with Gasteiger partial charge in [0.05, 0.1) is 35.0 Å². The molecular weight excluding hydrogens is 1350 g/mol. The molecule has 540 valence electrons. The molecule has 0 rings (SSSR count). The van der Waals surface area contributed by atoms with Crippen LogP contribution in [0.2, 0.25) is 0 Å². The number of unbranched alkanes of at least 4 members (excludes halogenated alkanes) is 52. The van der Waals surface area contributed by atoms with Crippen LogP contribution in [0, 0.1) is 0 Å². The van der Waals surface area contributed by atoms with Gasteiger partial charge in [-0.15, -0.1) is 0 Å². The molecule has 16 nitrogen and oxygen atoms in total. The Morgan fingerprint density at radius 2 is 0.330 bits per heavy atom. The SMILES string of the molecule is CCCCCCCCCCCCCCCCS(=O)(=O)NC(C)(NS(=O)(=O)CCCCCCCCCCCCCCCC)C(=O)[O-].CCCCCCCCCCCCCCCCS(=O)(=O)NC(C)(NS(=O)(=O)CCCCCCCCCCCCCCCC)C(=O)[O-].[Ba+2]. The molecule has 0 amide bonds. The standard InChI is InChI=1S/2C35H72N2O6S2.Ba/c2*1-4-6-8-10-12-14-16-18-20-22-24-26-28-30-32-44(40,41)36-35(3,34(38)39)37-45(42,43)33-31-29-27-25-23-21-19-17-15-13-11-9-7-5-2;/h2*36-37H,4-33H2,1-3H3,(H,38,39);/q;;+2/p-2. The Morgan fingerprint density at radius 1 is 0.231 bits per heavy atom. The Kier molecular flexibility index (Phi) is 66.6.